The predicted molar refractivity (Wildman–Crippen MR) is 120 cm³/mol. The summed E-state index contributed by atoms with van der Waals surface area (Å²) in [5, 5.41) is 14.7. The minimum Gasteiger partial charge on any atom is -0.493 e. The van der Waals surface area contributed by atoms with Gasteiger partial charge in [-0.25, -0.2) is 9.18 Å². The highest BCUT2D eigenvalue weighted by molar-refractivity contribution is 6.32. The Hall–Kier alpha value is -3.69. The van der Waals surface area contributed by atoms with Gasteiger partial charge in [0.25, 0.3) is 5.69 Å². The number of methoxy groups -OCH3 is 1. The summed E-state index contributed by atoms with van der Waals surface area (Å²) < 4.78 is 24.8. The van der Waals surface area contributed by atoms with Crippen molar-refractivity contribution in [2.45, 2.75) is 6.61 Å². The molecule has 0 bridgehead atoms. The van der Waals surface area contributed by atoms with Gasteiger partial charge in [0, 0.05) is 17.2 Å². The fourth-order valence-corrected chi connectivity index (χ4v) is 3.08. The Bertz CT molecular complexity index is 1220. The first-order valence-electron chi connectivity index (χ1n) is 9.22. The largest absolute Gasteiger partial charge is 0.493 e. The van der Waals surface area contributed by atoms with E-state index >= 15 is 0 Å². The maximum Gasteiger partial charge on any atom is 0.365 e. The van der Waals surface area contributed by atoms with Crippen LogP contribution in [0.3, 0.4) is 0 Å². The Morgan fingerprint density at radius 1 is 1.12 bits per heavy atom. The van der Waals surface area contributed by atoms with Crippen LogP contribution in [0.15, 0.2) is 59.8 Å². The molecule has 3 rings (SSSR count). The minimum atomic E-state index is -0.903. The van der Waals surface area contributed by atoms with Crippen LogP contribution < -0.4 is 9.47 Å². The van der Waals surface area contributed by atoms with E-state index in [0.29, 0.717) is 17.1 Å². The van der Waals surface area contributed by atoms with Crippen molar-refractivity contribution in [2.75, 3.05) is 7.11 Å². The van der Waals surface area contributed by atoms with E-state index in [1.807, 2.05) is 0 Å². The van der Waals surface area contributed by atoms with Crippen molar-refractivity contribution in [3.8, 4) is 11.5 Å². The van der Waals surface area contributed by atoms with Crippen LogP contribution in [0.2, 0.25) is 10.0 Å². The molecule has 0 spiro atoms. The number of carbonyl (C=O) groups is 1. The number of nitrogens with zero attached hydrogens (tertiary/aromatic N) is 2. The number of carbonyl (C=O) groups excluding carboxylic acids is 1. The lowest BCUT2D eigenvalue weighted by Gasteiger charge is -2.12. The third-order valence-electron chi connectivity index (χ3n) is 4.34. The zero-order chi connectivity index (χ0) is 24.0. The van der Waals surface area contributed by atoms with Crippen molar-refractivity contribution in [1.82, 2.24) is 0 Å². The van der Waals surface area contributed by atoms with Gasteiger partial charge in [-0.1, -0.05) is 34.4 Å². The molecule has 0 unspecified atom stereocenters. The van der Waals surface area contributed by atoms with Crippen LogP contribution in [-0.4, -0.2) is 24.2 Å². The number of ether oxygens (including phenoxy) is 2. The van der Waals surface area contributed by atoms with Gasteiger partial charge in [-0.15, -0.1) is 0 Å². The molecule has 0 radical (unpaired) electrons. The summed E-state index contributed by atoms with van der Waals surface area (Å²) in [4.78, 5) is 27.1. The summed E-state index contributed by atoms with van der Waals surface area (Å²) >= 11 is 11.7. The monoisotopic (exact) mass is 492 g/mol. The van der Waals surface area contributed by atoms with E-state index < -0.39 is 22.4 Å². The number of nitro benzene ring substituents is 1. The fourth-order valence-electron chi connectivity index (χ4n) is 2.67. The third kappa shape index (κ3) is 5.97. The molecule has 0 aliphatic heterocycles. The van der Waals surface area contributed by atoms with E-state index in [1.165, 1.54) is 37.6 Å². The van der Waals surface area contributed by atoms with Gasteiger partial charge in [0.05, 0.1) is 28.8 Å². The highest BCUT2D eigenvalue weighted by atomic mass is 35.5. The molecular formula is C22H15Cl2FN2O6. The maximum absolute atomic E-state index is 13.9. The van der Waals surface area contributed by atoms with E-state index in [2.05, 4.69) is 5.16 Å². The summed E-state index contributed by atoms with van der Waals surface area (Å²) in [6, 6.07) is 12.6. The first-order valence-corrected chi connectivity index (χ1v) is 9.98. The number of hydrogen-bond acceptors (Lipinski definition) is 7. The molecule has 8 nitrogen and oxygen atoms in total. The molecule has 0 N–H and O–H groups in total. The van der Waals surface area contributed by atoms with Crippen LogP contribution in [0.1, 0.15) is 21.5 Å². The molecule has 0 saturated carbocycles. The highest BCUT2D eigenvalue weighted by Gasteiger charge is 2.17. The number of halogens is 3. The smallest absolute Gasteiger partial charge is 0.365 e. The van der Waals surface area contributed by atoms with E-state index in [9.17, 15) is 19.3 Å². The van der Waals surface area contributed by atoms with Crippen LogP contribution in [-0.2, 0) is 11.4 Å². The van der Waals surface area contributed by atoms with Gasteiger partial charge in [0.15, 0.2) is 11.5 Å². The van der Waals surface area contributed by atoms with E-state index in [-0.39, 0.29) is 27.8 Å². The summed E-state index contributed by atoms with van der Waals surface area (Å²) in [5.74, 6) is -0.733. The molecule has 33 heavy (non-hydrogen) atoms. The van der Waals surface area contributed by atoms with Gasteiger partial charge in [-0.05, 0) is 42.5 Å². The molecule has 0 amide bonds. The maximum atomic E-state index is 13.9. The van der Waals surface area contributed by atoms with Gasteiger partial charge in [-0.3, -0.25) is 10.1 Å². The number of nitro groups is 1. The van der Waals surface area contributed by atoms with Gasteiger partial charge < -0.3 is 14.3 Å². The lowest BCUT2D eigenvalue weighted by molar-refractivity contribution is -0.384. The molecule has 0 heterocycles. The molecule has 11 heteroatoms. The van der Waals surface area contributed by atoms with Crippen molar-refractivity contribution < 1.29 is 28.4 Å². The zero-order valence-corrected chi connectivity index (χ0v) is 18.5. The SMILES string of the molecule is COc1cc(/C=N/OC(=O)c2ccc(Cl)c([N+](=O)[O-])c2)ccc1OCc1c(F)cccc1Cl. The second-order valence-corrected chi connectivity index (χ2v) is 7.25. The van der Waals surface area contributed by atoms with Crippen LogP contribution in [0.4, 0.5) is 10.1 Å². The fraction of sp³-hybridized carbons (Fsp3) is 0.0909. The second-order valence-electron chi connectivity index (χ2n) is 6.44. The normalized spacial score (nSPS) is 10.8. The lowest BCUT2D eigenvalue weighted by atomic mass is 10.2. The molecule has 3 aromatic carbocycles. The average Bonchev–Trinajstić information content (AvgIpc) is 2.79. The topological polar surface area (TPSA) is 100 Å². The van der Waals surface area contributed by atoms with Crippen LogP contribution in [0.25, 0.3) is 0 Å². The van der Waals surface area contributed by atoms with Crippen LogP contribution in [0.5, 0.6) is 11.5 Å². The second kappa shape index (κ2) is 10.8. The summed E-state index contributed by atoms with van der Waals surface area (Å²) in [5.41, 5.74) is 0.197. The summed E-state index contributed by atoms with van der Waals surface area (Å²) in [7, 11) is 1.42. The summed E-state index contributed by atoms with van der Waals surface area (Å²) in [6.07, 6.45) is 1.24. The quantitative estimate of drug-likeness (QED) is 0.170. The van der Waals surface area contributed by atoms with E-state index in [0.717, 1.165) is 6.07 Å². The van der Waals surface area contributed by atoms with Crippen molar-refractivity contribution in [3.63, 3.8) is 0 Å². The molecule has 0 fully saturated rings. The Balaban J connectivity index is 1.67. The van der Waals surface area contributed by atoms with Crippen molar-refractivity contribution in [2.24, 2.45) is 5.16 Å². The highest BCUT2D eigenvalue weighted by Crippen LogP contribution is 2.30. The molecule has 3 aromatic rings. The number of hydrogen-bond donors (Lipinski definition) is 0. The first kappa shape index (κ1) is 24.0. The van der Waals surface area contributed by atoms with Gasteiger partial charge in [0.1, 0.15) is 17.4 Å². The van der Waals surface area contributed by atoms with Crippen molar-refractivity contribution in [1.29, 1.82) is 0 Å². The first-order chi connectivity index (χ1) is 15.8. The lowest BCUT2D eigenvalue weighted by Crippen LogP contribution is -2.03. The average molecular weight is 493 g/mol. The van der Waals surface area contributed by atoms with Gasteiger partial charge in [-0.2, -0.15) is 0 Å². The number of rotatable bonds is 8. The third-order valence-corrected chi connectivity index (χ3v) is 5.01. The standard InChI is InChI=1S/C22H15Cl2FN2O6/c1-31-21-9-13(5-8-20(21)32-12-15-16(23)3-2-4-18(15)25)11-26-33-22(28)14-6-7-17(24)19(10-14)27(29)30/h2-11H,12H2,1H3/b26-11+. The Morgan fingerprint density at radius 3 is 2.61 bits per heavy atom. The Morgan fingerprint density at radius 2 is 1.91 bits per heavy atom. The summed E-state index contributed by atoms with van der Waals surface area (Å²) in [6.45, 7) is -0.111. The van der Waals surface area contributed by atoms with Crippen molar-refractivity contribution in [3.05, 3.63) is 97.3 Å². The number of oxime groups is 1. The predicted octanol–water partition coefficient (Wildman–Crippen LogP) is 5.82. The molecule has 170 valence electrons. The molecule has 0 aliphatic rings. The van der Waals surface area contributed by atoms with Crippen molar-refractivity contribution >= 4 is 41.1 Å². The molecule has 0 saturated heterocycles. The van der Waals surface area contributed by atoms with E-state index in [1.54, 1.807) is 24.3 Å². The number of benzene rings is 3. The van der Waals surface area contributed by atoms with Crippen LogP contribution >= 0.6 is 23.2 Å². The molecule has 0 atom stereocenters. The van der Waals surface area contributed by atoms with Gasteiger partial charge in [0.2, 0.25) is 0 Å². The zero-order valence-electron chi connectivity index (χ0n) is 17.0. The van der Waals surface area contributed by atoms with E-state index in [4.69, 9.17) is 37.5 Å². The Labute approximate surface area is 197 Å². The molecular weight excluding hydrogens is 478 g/mol. The molecule has 0 aliphatic carbocycles. The van der Waals surface area contributed by atoms with Crippen LogP contribution in [0, 0.1) is 15.9 Å². The van der Waals surface area contributed by atoms with Gasteiger partial charge >= 0.3 is 5.97 Å². The Kier molecular flexibility index (Phi) is 7.81. The molecule has 0 aromatic heterocycles. The minimum absolute atomic E-state index is 0.0867.